The van der Waals surface area contributed by atoms with Crippen LogP contribution in [0.3, 0.4) is 0 Å². The highest BCUT2D eigenvalue weighted by molar-refractivity contribution is 4.96. The van der Waals surface area contributed by atoms with Gasteiger partial charge < -0.3 is 10.1 Å². The van der Waals surface area contributed by atoms with Gasteiger partial charge in [-0.25, -0.2) is 0 Å². The van der Waals surface area contributed by atoms with Crippen molar-refractivity contribution in [1.82, 2.24) is 5.32 Å². The molecule has 1 heterocycles. The van der Waals surface area contributed by atoms with Crippen LogP contribution in [0.5, 0.6) is 0 Å². The molecule has 0 bridgehead atoms. The summed E-state index contributed by atoms with van der Waals surface area (Å²) in [4.78, 5) is 0. The van der Waals surface area contributed by atoms with Crippen molar-refractivity contribution in [2.75, 3.05) is 6.54 Å². The number of hydrogen-bond donors (Lipinski definition) is 1. The first-order chi connectivity index (χ1) is 7.91. The summed E-state index contributed by atoms with van der Waals surface area (Å²) >= 11 is 0. The van der Waals surface area contributed by atoms with Gasteiger partial charge in [-0.3, -0.25) is 0 Å². The molecule has 1 fully saturated rings. The Labute approximate surface area is 101 Å². The van der Waals surface area contributed by atoms with Crippen molar-refractivity contribution in [1.29, 1.82) is 0 Å². The average molecular weight is 279 g/mol. The first-order valence-corrected chi connectivity index (χ1v) is 5.46. The quantitative estimate of drug-likeness (QED) is 0.784. The minimum atomic E-state index is -4.57. The van der Waals surface area contributed by atoms with E-state index in [1.54, 1.807) is 0 Å². The summed E-state index contributed by atoms with van der Waals surface area (Å²) in [6.07, 6.45) is -12.4. The van der Waals surface area contributed by atoms with Crippen LogP contribution in [0, 0.1) is 0 Å². The number of morpholine rings is 1. The monoisotopic (exact) mass is 279 g/mol. The Morgan fingerprint density at radius 1 is 1.17 bits per heavy atom. The smallest absolute Gasteiger partial charge is 0.369 e. The maximum Gasteiger partial charge on any atom is 0.391 e. The number of nitrogens with one attached hydrogen (secondary N) is 1. The summed E-state index contributed by atoms with van der Waals surface area (Å²) < 4.78 is 79.4. The molecule has 8 heteroatoms. The van der Waals surface area contributed by atoms with E-state index < -0.39 is 42.9 Å². The van der Waals surface area contributed by atoms with Crippen LogP contribution in [0.2, 0.25) is 0 Å². The van der Waals surface area contributed by atoms with E-state index in [-0.39, 0.29) is 6.54 Å². The molecular weight excluding hydrogens is 264 g/mol. The van der Waals surface area contributed by atoms with Gasteiger partial charge in [0.25, 0.3) is 0 Å². The fourth-order valence-corrected chi connectivity index (χ4v) is 2.19. The van der Waals surface area contributed by atoms with Gasteiger partial charge in [-0.1, -0.05) is 0 Å². The molecule has 0 aromatic rings. The molecule has 2 nitrogen and oxygen atoms in total. The van der Waals surface area contributed by atoms with E-state index in [2.05, 4.69) is 5.32 Å². The second kappa shape index (κ2) is 4.88. The van der Waals surface area contributed by atoms with E-state index >= 15 is 0 Å². The highest BCUT2D eigenvalue weighted by Crippen LogP contribution is 2.38. The van der Waals surface area contributed by atoms with Crippen LogP contribution >= 0.6 is 0 Å². The zero-order valence-corrected chi connectivity index (χ0v) is 9.95. The Kier molecular flexibility index (Phi) is 4.22. The molecule has 1 aliphatic rings. The van der Waals surface area contributed by atoms with Gasteiger partial charge in [-0.15, -0.1) is 0 Å². The summed E-state index contributed by atoms with van der Waals surface area (Å²) in [5.41, 5.74) is -1.90. The van der Waals surface area contributed by atoms with Crippen molar-refractivity contribution in [3.05, 3.63) is 0 Å². The highest BCUT2D eigenvalue weighted by Gasteiger charge is 2.51. The summed E-state index contributed by atoms with van der Waals surface area (Å²) in [7, 11) is 0. The second-order valence-corrected chi connectivity index (χ2v) is 4.81. The standard InChI is InChI=1S/C10H15F6NO/c1-6-4-17-7(3-9(11,12)13)8(2,18-6)5-10(14,15)16/h6-7,17H,3-5H2,1-2H3. The van der Waals surface area contributed by atoms with Crippen molar-refractivity contribution in [2.45, 2.75) is 56.8 Å². The van der Waals surface area contributed by atoms with Gasteiger partial charge in [0.2, 0.25) is 0 Å². The van der Waals surface area contributed by atoms with E-state index in [1.165, 1.54) is 6.92 Å². The predicted molar refractivity (Wildman–Crippen MR) is 52.1 cm³/mol. The maximum absolute atomic E-state index is 12.4. The van der Waals surface area contributed by atoms with Crippen LogP contribution in [-0.4, -0.2) is 36.6 Å². The minimum Gasteiger partial charge on any atom is -0.369 e. The third-order valence-corrected chi connectivity index (χ3v) is 2.85. The fraction of sp³-hybridized carbons (Fsp3) is 1.00. The first kappa shape index (κ1) is 15.6. The molecule has 1 rings (SSSR count). The van der Waals surface area contributed by atoms with Crippen molar-refractivity contribution in [3.8, 4) is 0 Å². The van der Waals surface area contributed by atoms with Gasteiger partial charge in [0.1, 0.15) is 0 Å². The lowest BCUT2D eigenvalue weighted by Crippen LogP contribution is -2.61. The largest absolute Gasteiger partial charge is 0.391 e. The molecule has 0 radical (unpaired) electrons. The molecule has 108 valence electrons. The molecule has 1 N–H and O–H groups in total. The van der Waals surface area contributed by atoms with Crippen molar-refractivity contribution in [2.24, 2.45) is 0 Å². The molecule has 0 aromatic carbocycles. The van der Waals surface area contributed by atoms with Crippen LogP contribution in [0.4, 0.5) is 26.3 Å². The Hall–Kier alpha value is -0.500. The van der Waals surface area contributed by atoms with Crippen molar-refractivity contribution >= 4 is 0 Å². The Morgan fingerprint density at radius 3 is 2.17 bits per heavy atom. The van der Waals surface area contributed by atoms with E-state index in [4.69, 9.17) is 4.74 Å². The third kappa shape index (κ3) is 4.64. The van der Waals surface area contributed by atoms with Gasteiger partial charge in [-0.2, -0.15) is 26.3 Å². The van der Waals surface area contributed by atoms with Gasteiger partial charge in [0.15, 0.2) is 0 Å². The molecule has 1 saturated heterocycles. The molecule has 0 aliphatic carbocycles. The Morgan fingerprint density at radius 2 is 1.72 bits per heavy atom. The zero-order valence-electron chi connectivity index (χ0n) is 9.95. The number of rotatable bonds is 2. The van der Waals surface area contributed by atoms with Gasteiger partial charge >= 0.3 is 12.4 Å². The fourth-order valence-electron chi connectivity index (χ4n) is 2.19. The van der Waals surface area contributed by atoms with Gasteiger partial charge in [0, 0.05) is 12.6 Å². The molecule has 18 heavy (non-hydrogen) atoms. The molecule has 0 amide bonds. The van der Waals surface area contributed by atoms with E-state index in [9.17, 15) is 26.3 Å². The lowest BCUT2D eigenvalue weighted by molar-refractivity contribution is -0.228. The molecule has 3 unspecified atom stereocenters. The molecule has 0 aromatic heterocycles. The van der Waals surface area contributed by atoms with Crippen LogP contribution < -0.4 is 5.32 Å². The van der Waals surface area contributed by atoms with E-state index in [0.29, 0.717) is 0 Å². The SMILES string of the molecule is CC1CNC(CC(F)(F)F)C(C)(CC(F)(F)F)O1. The van der Waals surface area contributed by atoms with Crippen LogP contribution in [0.15, 0.2) is 0 Å². The number of alkyl halides is 6. The van der Waals surface area contributed by atoms with Crippen LogP contribution in [-0.2, 0) is 4.74 Å². The predicted octanol–water partition coefficient (Wildman–Crippen LogP) is 3.03. The van der Waals surface area contributed by atoms with Crippen molar-refractivity contribution < 1.29 is 31.1 Å². The number of halogens is 6. The van der Waals surface area contributed by atoms with Gasteiger partial charge in [0.05, 0.1) is 24.5 Å². The third-order valence-electron chi connectivity index (χ3n) is 2.85. The summed E-state index contributed by atoms with van der Waals surface area (Å²) in [5, 5.41) is 2.49. The molecule has 3 atom stereocenters. The Bertz CT molecular complexity index is 289. The highest BCUT2D eigenvalue weighted by atomic mass is 19.4. The Balaban J connectivity index is 2.85. The summed E-state index contributed by atoms with van der Waals surface area (Å²) in [6.45, 7) is 2.69. The molecule has 1 aliphatic heterocycles. The minimum absolute atomic E-state index is 0.105. The summed E-state index contributed by atoms with van der Waals surface area (Å²) in [6, 6.07) is -1.39. The molecule has 0 saturated carbocycles. The molecular formula is C10H15F6NO. The maximum atomic E-state index is 12.4. The zero-order chi connectivity index (χ0) is 14.2. The molecule has 0 spiro atoms. The second-order valence-electron chi connectivity index (χ2n) is 4.81. The van der Waals surface area contributed by atoms with E-state index in [0.717, 1.165) is 6.92 Å². The van der Waals surface area contributed by atoms with E-state index in [1.807, 2.05) is 0 Å². The number of ether oxygens (including phenoxy) is 1. The number of hydrogen-bond acceptors (Lipinski definition) is 2. The first-order valence-electron chi connectivity index (χ1n) is 5.46. The summed E-state index contributed by atoms with van der Waals surface area (Å²) in [5.74, 6) is 0. The van der Waals surface area contributed by atoms with Crippen LogP contribution in [0.25, 0.3) is 0 Å². The lowest BCUT2D eigenvalue weighted by atomic mass is 9.87. The van der Waals surface area contributed by atoms with Crippen LogP contribution in [0.1, 0.15) is 26.7 Å². The normalized spacial score (nSPS) is 34.7. The van der Waals surface area contributed by atoms with Gasteiger partial charge in [-0.05, 0) is 13.8 Å². The lowest BCUT2D eigenvalue weighted by Gasteiger charge is -2.45. The van der Waals surface area contributed by atoms with Crippen molar-refractivity contribution in [3.63, 3.8) is 0 Å². The topological polar surface area (TPSA) is 21.3 Å². The average Bonchev–Trinajstić information content (AvgIpc) is 2.04.